The van der Waals surface area contributed by atoms with Crippen molar-refractivity contribution in [2.24, 2.45) is 17.8 Å². The minimum atomic E-state index is -0.0817. The molecule has 0 aliphatic heterocycles. The maximum absolute atomic E-state index is 9.78. The summed E-state index contributed by atoms with van der Waals surface area (Å²) in [6, 6.07) is 0. The summed E-state index contributed by atoms with van der Waals surface area (Å²) < 4.78 is 0. The van der Waals surface area contributed by atoms with E-state index in [0.29, 0.717) is 17.8 Å². The lowest BCUT2D eigenvalue weighted by Crippen LogP contribution is -2.33. The highest BCUT2D eigenvalue weighted by atomic mass is 16.3. The van der Waals surface area contributed by atoms with Crippen LogP contribution >= 0.6 is 0 Å². The Morgan fingerprint density at radius 3 is 2.00 bits per heavy atom. The van der Waals surface area contributed by atoms with Gasteiger partial charge in [0.25, 0.3) is 0 Å². The Hall–Kier alpha value is -0.300. The molecule has 1 fully saturated rings. The molecule has 2 unspecified atom stereocenters. The van der Waals surface area contributed by atoms with Crippen molar-refractivity contribution in [3.63, 3.8) is 0 Å². The van der Waals surface area contributed by atoms with E-state index >= 15 is 0 Å². The first kappa shape index (κ1) is 10.8. The molecule has 13 heavy (non-hydrogen) atoms. The molecule has 0 bridgehead atoms. The summed E-state index contributed by atoms with van der Waals surface area (Å²) in [7, 11) is 0. The van der Waals surface area contributed by atoms with Crippen molar-refractivity contribution in [2.75, 3.05) is 0 Å². The van der Waals surface area contributed by atoms with E-state index in [1.54, 1.807) is 0 Å². The average molecular weight is 182 g/mol. The van der Waals surface area contributed by atoms with E-state index in [1.807, 2.05) is 0 Å². The van der Waals surface area contributed by atoms with Crippen LogP contribution in [0.1, 0.15) is 40.5 Å². The van der Waals surface area contributed by atoms with Crippen LogP contribution in [-0.4, -0.2) is 11.2 Å². The van der Waals surface area contributed by atoms with Gasteiger partial charge < -0.3 is 5.11 Å². The molecule has 2 atom stereocenters. The first-order valence-corrected chi connectivity index (χ1v) is 5.33. The molecule has 1 aliphatic carbocycles. The van der Waals surface area contributed by atoms with Crippen LogP contribution in [-0.2, 0) is 0 Å². The summed E-state index contributed by atoms with van der Waals surface area (Å²) in [5.74, 6) is 1.62. The molecule has 0 aromatic rings. The zero-order valence-corrected chi connectivity index (χ0v) is 9.25. The summed E-state index contributed by atoms with van der Waals surface area (Å²) in [5, 5.41) is 9.78. The number of aliphatic hydroxyl groups excluding tert-OH is 1. The van der Waals surface area contributed by atoms with Crippen LogP contribution < -0.4 is 0 Å². The Morgan fingerprint density at radius 2 is 1.62 bits per heavy atom. The predicted molar refractivity (Wildman–Crippen MR) is 56.5 cm³/mol. The van der Waals surface area contributed by atoms with Gasteiger partial charge in [0.15, 0.2) is 0 Å². The van der Waals surface area contributed by atoms with Crippen molar-refractivity contribution in [3.8, 4) is 0 Å². The van der Waals surface area contributed by atoms with Gasteiger partial charge in [-0.05, 0) is 44.4 Å². The Bertz CT molecular complexity index is 179. The minimum Gasteiger partial charge on any atom is -0.393 e. The van der Waals surface area contributed by atoms with Crippen LogP contribution in [0.4, 0.5) is 0 Å². The lowest BCUT2D eigenvalue weighted by atomic mass is 9.74. The molecule has 0 aromatic carbocycles. The normalized spacial score (nSPS) is 40.1. The molecule has 0 radical (unpaired) electrons. The van der Waals surface area contributed by atoms with Crippen molar-refractivity contribution in [2.45, 2.75) is 46.6 Å². The number of hydrogen-bond acceptors (Lipinski definition) is 1. The summed E-state index contributed by atoms with van der Waals surface area (Å²) in [6.45, 7) is 8.62. The quantitative estimate of drug-likeness (QED) is 0.618. The van der Waals surface area contributed by atoms with Crippen LogP contribution in [0.3, 0.4) is 0 Å². The fraction of sp³-hybridized carbons (Fsp3) is 0.833. The highest BCUT2D eigenvalue weighted by Crippen LogP contribution is 2.34. The van der Waals surface area contributed by atoms with Crippen LogP contribution in [0, 0.1) is 17.8 Å². The summed E-state index contributed by atoms with van der Waals surface area (Å²) in [6.07, 6.45) is 4.58. The first-order valence-electron chi connectivity index (χ1n) is 5.33. The Morgan fingerprint density at radius 1 is 1.15 bits per heavy atom. The van der Waals surface area contributed by atoms with E-state index in [2.05, 4.69) is 33.8 Å². The van der Waals surface area contributed by atoms with E-state index in [4.69, 9.17) is 0 Å². The number of rotatable bonds is 1. The van der Waals surface area contributed by atoms with Crippen molar-refractivity contribution < 1.29 is 5.11 Å². The third-order valence-electron chi connectivity index (χ3n) is 3.08. The lowest BCUT2D eigenvalue weighted by molar-refractivity contribution is 0.0199. The smallest absolute Gasteiger partial charge is 0.0591 e. The van der Waals surface area contributed by atoms with Crippen LogP contribution in [0.5, 0.6) is 0 Å². The Balaban J connectivity index is 2.58. The molecule has 1 aliphatic rings. The molecule has 1 rings (SSSR count). The van der Waals surface area contributed by atoms with Gasteiger partial charge in [-0.1, -0.05) is 25.5 Å². The van der Waals surface area contributed by atoms with Crippen LogP contribution in [0.25, 0.3) is 0 Å². The first-order chi connectivity index (χ1) is 6.00. The molecule has 1 saturated carbocycles. The highest BCUT2D eigenvalue weighted by molar-refractivity contribution is 5.00. The van der Waals surface area contributed by atoms with E-state index in [0.717, 1.165) is 12.8 Å². The van der Waals surface area contributed by atoms with Gasteiger partial charge in [0.05, 0.1) is 6.10 Å². The van der Waals surface area contributed by atoms with Crippen LogP contribution in [0.15, 0.2) is 11.6 Å². The molecule has 1 N–H and O–H groups in total. The maximum atomic E-state index is 9.78. The zero-order chi connectivity index (χ0) is 10.0. The molecule has 1 nitrogen and oxygen atoms in total. The molecular formula is C12H22O. The number of aliphatic hydroxyl groups is 1. The number of hydrogen-bond donors (Lipinski definition) is 1. The third kappa shape index (κ3) is 2.84. The fourth-order valence-corrected chi connectivity index (χ4v) is 2.50. The summed E-state index contributed by atoms with van der Waals surface area (Å²) in [5.41, 5.74) is 1.40. The minimum absolute atomic E-state index is 0.0817. The molecule has 1 heteroatoms. The monoisotopic (exact) mass is 182 g/mol. The lowest BCUT2D eigenvalue weighted by Gasteiger charge is -2.35. The Labute approximate surface area is 81.9 Å². The largest absolute Gasteiger partial charge is 0.393 e. The standard InChI is InChI=1S/C12H22O/c1-8(2)5-11-6-9(3)12(13)10(4)7-11/h5,9-13H,6-7H2,1-4H3. The maximum Gasteiger partial charge on any atom is 0.0591 e. The molecule has 76 valence electrons. The van der Waals surface area contributed by atoms with Gasteiger partial charge in [0.2, 0.25) is 0 Å². The predicted octanol–water partition coefficient (Wildman–Crippen LogP) is 3.00. The zero-order valence-electron chi connectivity index (χ0n) is 9.25. The van der Waals surface area contributed by atoms with Gasteiger partial charge in [-0.25, -0.2) is 0 Å². The molecule has 0 amide bonds. The van der Waals surface area contributed by atoms with Gasteiger partial charge in [0.1, 0.15) is 0 Å². The topological polar surface area (TPSA) is 20.2 Å². The van der Waals surface area contributed by atoms with Gasteiger partial charge >= 0.3 is 0 Å². The second kappa shape index (κ2) is 4.28. The van der Waals surface area contributed by atoms with Gasteiger partial charge in [0, 0.05) is 0 Å². The molecule has 0 spiro atoms. The fourth-order valence-electron chi connectivity index (χ4n) is 2.50. The van der Waals surface area contributed by atoms with Crippen molar-refractivity contribution in [1.82, 2.24) is 0 Å². The van der Waals surface area contributed by atoms with Crippen LogP contribution in [0.2, 0.25) is 0 Å². The van der Waals surface area contributed by atoms with E-state index < -0.39 is 0 Å². The molecule has 0 aromatic heterocycles. The van der Waals surface area contributed by atoms with E-state index in [9.17, 15) is 5.11 Å². The van der Waals surface area contributed by atoms with Crippen molar-refractivity contribution >= 4 is 0 Å². The van der Waals surface area contributed by atoms with Crippen molar-refractivity contribution in [1.29, 1.82) is 0 Å². The van der Waals surface area contributed by atoms with Gasteiger partial charge in [-0.15, -0.1) is 0 Å². The SMILES string of the molecule is CC(C)=CC1CC(C)C(O)C(C)C1. The van der Waals surface area contributed by atoms with Gasteiger partial charge in [-0.2, -0.15) is 0 Å². The Kier molecular flexibility index (Phi) is 3.55. The van der Waals surface area contributed by atoms with Crippen molar-refractivity contribution in [3.05, 3.63) is 11.6 Å². The van der Waals surface area contributed by atoms with E-state index in [-0.39, 0.29) is 6.10 Å². The second-order valence-electron chi connectivity index (χ2n) is 4.92. The number of allylic oxidation sites excluding steroid dienone is 2. The molecule has 0 heterocycles. The third-order valence-corrected chi connectivity index (χ3v) is 3.08. The average Bonchev–Trinajstić information content (AvgIpc) is 1.98. The molecule has 0 saturated heterocycles. The summed E-state index contributed by atoms with van der Waals surface area (Å²) in [4.78, 5) is 0. The molecular weight excluding hydrogens is 160 g/mol. The second-order valence-corrected chi connectivity index (χ2v) is 4.92. The van der Waals surface area contributed by atoms with E-state index in [1.165, 1.54) is 5.57 Å². The summed E-state index contributed by atoms with van der Waals surface area (Å²) >= 11 is 0. The highest BCUT2D eigenvalue weighted by Gasteiger charge is 2.30. The van der Waals surface area contributed by atoms with Gasteiger partial charge in [-0.3, -0.25) is 0 Å².